The molecule has 3 nitrogen and oxygen atoms in total. The average Bonchev–Trinajstić information content (AvgIpc) is 3.06. The summed E-state index contributed by atoms with van der Waals surface area (Å²) in [6.07, 6.45) is 9.24. The Balaban J connectivity index is 1.79. The fourth-order valence-electron chi connectivity index (χ4n) is 3.99. The van der Waals surface area contributed by atoms with Crippen LogP contribution in [0.15, 0.2) is 21.4 Å². The van der Waals surface area contributed by atoms with Crippen LogP contribution in [0, 0.1) is 5.92 Å². The van der Waals surface area contributed by atoms with Crippen LogP contribution in [-0.2, 0) is 4.74 Å². The fraction of sp³-hybridized carbons (Fsp3) is 0.750. The Morgan fingerprint density at radius 1 is 1.45 bits per heavy atom. The van der Waals surface area contributed by atoms with Gasteiger partial charge in [0.25, 0.3) is 0 Å². The predicted molar refractivity (Wildman–Crippen MR) is 82.7 cm³/mol. The zero-order chi connectivity index (χ0) is 14.0. The first-order chi connectivity index (χ1) is 9.74. The van der Waals surface area contributed by atoms with E-state index >= 15 is 0 Å². The van der Waals surface area contributed by atoms with E-state index in [0.29, 0.717) is 12.0 Å². The van der Waals surface area contributed by atoms with Crippen LogP contribution in [0.4, 0.5) is 0 Å². The SMILES string of the molecule is CCNC(c1ccoc1Br)C1CCOC2(CCCC2)C1. The summed E-state index contributed by atoms with van der Waals surface area (Å²) < 4.78 is 12.5. The average molecular weight is 342 g/mol. The predicted octanol–water partition coefficient (Wildman–Crippen LogP) is 4.43. The number of hydrogen-bond donors (Lipinski definition) is 1. The molecule has 1 saturated heterocycles. The number of nitrogens with one attached hydrogen (secondary N) is 1. The van der Waals surface area contributed by atoms with E-state index in [1.807, 2.05) is 0 Å². The van der Waals surface area contributed by atoms with Gasteiger partial charge in [0.05, 0.1) is 11.9 Å². The molecule has 2 heterocycles. The summed E-state index contributed by atoms with van der Waals surface area (Å²) in [5.41, 5.74) is 1.43. The number of hydrogen-bond acceptors (Lipinski definition) is 3. The second-order valence-electron chi connectivity index (χ2n) is 6.18. The van der Waals surface area contributed by atoms with Crippen LogP contribution in [-0.4, -0.2) is 18.8 Å². The van der Waals surface area contributed by atoms with Gasteiger partial charge in [-0.3, -0.25) is 0 Å². The van der Waals surface area contributed by atoms with Crippen LogP contribution in [0.2, 0.25) is 0 Å². The maximum atomic E-state index is 6.17. The van der Waals surface area contributed by atoms with E-state index in [9.17, 15) is 0 Å². The third-order valence-electron chi connectivity index (χ3n) is 4.92. The summed E-state index contributed by atoms with van der Waals surface area (Å²) in [6, 6.07) is 2.46. The van der Waals surface area contributed by atoms with Crippen LogP contribution in [0.5, 0.6) is 0 Å². The maximum Gasteiger partial charge on any atom is 0.173 e. The molecule has 2 aliphatic rings. The third-order valence-corrected chi connectivity index (χ3v) is 5.57. The quantitative estimate of drug-likeness (QED) is 0.879. The first-order valence-corrected chi connectivity index (χ1v) is 8.64. The Labute approximate surface area is 129 Å². The Bertz CT molecular complexity index is 439. The van der Waals surface area contributed by atoms with Crippen molar-refractivity contribution < 1.29 is 9.15 Å². The van der Waals surface area contributed by atoms with Gasteiger partial charge < -0.3 is 14.5 Å². The number of furan rings is 1. The van der Waals surface area contributed by atoms with E-state index in [-0.39, 0.29) is 5.60 Å². The van der Waals surface area contributed by atoms with Crippen LogP contribution < -0.4 is 5.32 Å². The molecule has 1 aromatic rings. The van der Waals surface area contributed by atoms with E-state index < -0.39 is 0 Å². The van der Waals surface area contributed by atoms with Gasteiger partial charge in [0.2, 0.25) is 0 Å². The molecule has 2 atom stereocenters. The van der Waals surface area contributed by atoms with E-state index in [4.69, 9.17) is 9.15 Å². The molecule has 0 radical (unpaired) electrons. The van der Waals surface area contributed by atoms with Gasteiger partial charge in [-0.1, -0.05) is 19.8 Å². The standard InChI is InChI=1S/C16H24BrNO2/c1-2-18-14(13-6-9-19-15(13)17)12-5-10-20-16(11-12)7-3-4-8-16/h6,9,12,14,18H,2-5,7-8,10-11H2,1H3. The van der Waals surface area contributed by atoms with Crippen molar-refractivity contribution in [2.75, 3.05) is 13.2 Å². The lowest BCUT2D eigenvalue weighted by atomic mass is 9.79. The van der Waals surface area contributed by atoms with E-state index in [1.54, 1.807) is 6.26 Å². The Morgan fingerprint density at radius 3 is 2.90 bits per heavy atom. The van der Waals surface area contributed by atoms with Crippen molar-refractivity contribution in [2.24, 2.45) is 5.92 Å². The highest BCUT2D eigenvalue weighted by atomic mass is 79.9. The van der Waals surface area contributed by atoms with Crippen molar-refractivity contribution in [1.82, 2.24) is 5.32 Å². The highest BCUT2D eigenvalue weighted by molar-refractivity contribution is 9.10. The van der Waals surface area contributed by atoms with Gasteiger partial charge in [-0.2, -0.15) is 0 Å². The van der Waals surface area contributed by atoms with Crippen molar-refractivity contribution in [3.63, 3.8) is 0 Å². The summed E-state index contributed by atoms with van der Waals surface area (Å²) in [7, 11) is 0. The van der Waals surface area contributed by atoms with Crippen molar-refractivity contribution >= 4 is 15.9 Å². The molecule has 1 aliphatic heterocycles. The fourth-order valence-corrected chi connectivity index (χ4v) is 4.48. The molecule has 1 N–H and O–H groups in total. The normalized spacial score (nSPS) is 27.0. The molecule has 1 aromatic heterocycles. The summed E-state index contributed by atoms with van der Waals surface area (Å²) >= 11 is 3.54. The van der Waals surface area contributed by atoms with Crippen molar-refractivity contribution in [3.05, 3.63) is 22.6 Å². The van der Waals surface area contributed by atoms with Gasteiger partial charge in [0.15, 0.2) is 4.67 Å². The number of halogens is 1. The molecular weight excluding hydrogens is 318 g/mol. The van der Waals surface area contributed by atoms with Gasteiger partial charge in [-0.25, -0.2) is 0 Å². The third kappa shape index (κ3) is 2.83. The molecular formula is C16H24BrNO2. The summed E-state index contributed by atoms with van der Waals surface area (Å²) in [5, 5.41) is 3.66. The smallest absolute Gasteiger partial charge is 0.173 e. The summed E-state index contributed by atoms with van der Waals surface area (Å²) in [4.78, 5) is 0. The molecule has 112 valence electrons. The van der Waals surface area contributed by atoms with Crippen LogP contribution in [0.25, 0.3) is 0 Å². The lowest BCUT2D eigenvalue weighted by molar-refractivity contribution is -0.0982. The maximum absolute atomic E-state index is 6.17. The van der Waals surface area contributed by atoms with Crippen LogP contribution in [0.1, 0.15) is 57.1 Å². The second kappa shape index (κ2) is 6.20. The van der Waals surface area contributed by atoms with Gasteiger partial charge in [-0.05, 0) is 60.1 Å². The second-order valence-corrected chi connectivity index (χ2v) is 6.90. The molecule has 0 amide bonds. The number of rotatable bonds is 4. The minimum Gasteiger partial charge on any atom is -0.457 e. The first kappa shape index (κ1) is 14.6. The largest absolute Gasteiger partial charge is 0.457 e. The topological polar surface area (TPSA) is 34.4 Å². The molecule has 0 aromatic carbocycles. The van der Waals surface area contributed by atoms with Gasteiger partial charge in [-0.15, -0.1) is 0 Å². The molecule has 1 aliphatic carbocycles. The zero-order valence-electron chi connectivity index (χ0n) is 12.2. The van der Waals surface area contributed by atoms with Crippen LogP contribution >= 0.6 is 15.9 Å². The molecule has 0 bridgehead atoms. The zero-order valence-corrected chi connectivity index (χ0v) is 13.7. The molecule has 3 rings (SSSR count). The molecule has 4 heteroatoms. The lowest BCUT2D eigenvalue weighted by Gasteiger charge is -2.41. The van der Waals surface area contributed by atoms with Gasteiger partial charge >= 0.3 is 0 Å². The number of ether oxygens (including phenoxy) is 1. The van der Waals surface area contributed by atoms with Crippen molar-refractivity contribution in [1.29, 1.82) is 0 Å². The monoisotopic (exact) mass is 341 g/mol. The van der Waals surface area contributed by atoms with E-state index in [0.717, 1.165) is 24.2 Å². The van der Waals surface area contributed by atoms with E-state index in [1.165, 1.54) is 37.7 Å². The lowest BCUT2D eigenvalue weighted by Crippen LogP contribution is -2.42. The summed E-state index contributed by atoms with van der Waals surface area (Å²) in [6.45, 7) is 4.06. The molecule has 2 fully saturated rings. The highest BCUT2D eigenvalue weighted by Gasteiger charge is 2.42. The highest BCUT2D eigenvalue weighted by Crippen LogP contribution is 2.46. The minimum absolute atomic E-state index is 0.173. The van der Waals surface area contributed by atoms with E-state index in [2.05, 4.69) is 34.2 Å². The van der Waals surface area contributed by atoms with Gasteiger partial charge in [0, 0.05) is 18.2 Å². The van der Waals surface area contributed by atoms with Crippen LogP contribution in [0.3, 0.4) is 0 Å². The summed E-state index contributed by atoms with van der Waals surface area (Å²) in [5.74, 6) is 0.635. The Morgan fingerprint density at radius 2 is 2.25 bits per heavy atom. The molecule has 2 unspecified atom stereocenters. The molecule has 20 heavy (non-hydrogen) atoms. The van der Waals surface area contributed by atoms with Crippen molar-refractivity contribution in [3.8, 4) is 0 Å². The molecule has 1 saturated carbocycles. The van der Waals surface area contributed by atoms with Crippen molar-refractivity contribution in [2.45, 2.75) is 57.1 Å². The Hall–Kier alpha value is -0.320. The molecule has 1 spiro atoms. The van der Waals surface area contributed by atoms with Gasteiger partial charge in [0.1, 0.15) is 0 Å². The Kier molecular flexibility index (Phi) is 4.53. The first-order valence-electron chi connectivity index (χ1n) is 7.84. The minimum atomic E-state index is 0.173.